The van der Waals surface area contributed by atoms with E-state index >= 15 is 0 Å². The molecule has 3 rings (SSSR count). The SMILES string of the molecule is CC(C)(C)c1cc(CO)cc(CN2C(=O)COc3c(F)cc(C=O)cc32)c1. The summed E-state index contributed by atoms with van der Waals surface area (Å²) in [6, 6.07) is 8.26. The third kappa shape index (κ3) is 3.85. The Kier molecular flexibility index (Phi) is 5.02. The van der Waals surface area contributed by atoms with Crippen molar-refractivity contribution < 1.29 is 23.8 Å². The van der Waals surface area contributed by atoms with E-state index in [9.17, 15) is 19.1 Å². The van der Waals surface area contributed by atoms with Crippen LogP contribution in [0.4, 0.5) is 10.1 Å². The highest BCUT2D eigenvalue weighted by molar-refractivity contribution is 5.98. The van der Waals surface area contributed by atoms with Gasteiger partial charge in [0.2, 0.25) is 0 Å². The highest BCUT2D eigenvalue weighted by atomic mass is 19.1. The molecule has 142 valence electrons. The molecule has 1 N–H and O–H groups in total. The molecule has 0 aromatic heterocycles. The Morgan fingerprint density at radius 2 is 1.89 bits per heavy atom. The lowest BCUT2D eigenvalue weighted by molar-refractivity contribution is -0.121. The first kappa shape index (κ1) is 19.0. The fourth-order valence-corrected chi connectivity index (χ4v) is 3.09. The Morgan fingerprint density at radius 1 is 1.19 bits per heavy atom. The summed E-state index contributed by atoms with van der Waals surface area (Å²) in [5, 5.41) is 9.58. The molecule has 0 unspecified atom stereocenters. The van der Waals surface area contributed by atoms with E-state index in [2.05, 4.69) is 20.8 Å². The van der Waals surface area contributed by atoms with Crippen LogP contribution in [0.25, 0.3) is 0 Å². The fraction of sp³-hybridized carbons (Fsp3) is 0.333. The van der Waals surface area contributed by atoms with Gasteiger partial charge in [-0.3, -0.25) is 9.59 Å². The summed E-state index contributed by atoms with van der Waals surface area (Å²) < 4.78 is 19.5. The van der Waals surface area contributed by atoms with Crippen LogP contribution in [0.1, 0.15) is 47.8 Å². The van der Waals surface area contributed by atoms with Crippen LogP contribution in [0.5, 0.6) is 5.75 Å². The number of nitrogens with zero attached hydrogens (tertiary/aromatic N) is 1. The summed E-state index contributed by atoms with van der Waals surface area (Å²) >= 11 is 0. The van der Waals surface area contributed by atoms with Crippen LogP contribution in [-0.4, -0.2) is 23.9 Å². The van der Waals surface area contributed by atoms with E-state index < -0.39 is 5.82 Å². The molecule has 0 saturated heterocycles. The molecule has 1 aliphatic rings. The Hall–Kier alpha value is -2.73. The summed E-state index contributed by atoms with van der Waals surface area (Å²) in [5.74, 6) is -1.03. The Morgan fingerprint density at radius 3 is 2.52 bits per heavy atom. The van der Waals surface area contributed by atoms with Gasteiger partial charge in [0.1, 0.15) is 6.29 Å². The van der Waals surface area contributed by atoms with E-state index in [-0.39, 0.29) is 48.1 Å². The third-order valence-electron chi connectivity index (χ3n) is 4.56. The predicted octanol–water partition coefficient (Wildman–Crippen LogP) is 3.35. The third-order valence-corrected chi connectivity index (χ3v) is 4.56. The number of amides is 1. The van der Waals surface area contributed by atoms with Crippen molar-refractivity contribution in [2.45, 2.75) is 39.3 Å². The summed E-state index contributed by atoms with van der Waals surface area (Å²) in [5.41, 5.74) is 2.81. The lowest BCUT2D eigenvalue weighted by Gasteiger charge is -2.30. The molecule has 0 fully saturated rings. The largest absolute Gasteiger partial charge is 0.478 e. The molecule has 2 aromatic carbocycles. The molecule has 0 atom stereocenters. The van der Waals surface area contributed by atoms with Crippen LogP contribution in [0.15, 0.2) is 30.3 Å². The number of aliphatic hydroxyl groups is 1. The topological polar surface area (TPSA) is 66.8 Å². The van der Waals surface area contributed by atoms with Crippen LogP contribution in [0, 0.1) is 5.82 Å². The molecule has 0 bridgehead atoms. The van der Waals surface area contributed by atoms with E-state index in [1.165, 1.54) is 11.0 Å². The maximum atomic E-state index is 14.2. The van der Waals surface area contributed by atoms with Crippen molar-refractivity contribution in [1.82, 2.24) is 0 Å². The lowest BCUT2D eigenvalue weighted by Crippen LogP contribution is -2.38. The fourth-order valence-electron chi connectivity index (χ4n) is 3.09. The molecule has 1 heterocycles. The summed E-state index contributed by atoms with van der Waals surface area (Å²) in [7, 11) is 0. The van der Waals surface area contributed by atoms with Crippen molar-refractivity contribution in [2.24, 2.45) is 0 Å². The molecule has 0 radical (unpaired) electrons. The predicted molar refractivity (Wildman–Crippen MR) is 99.5 cm³/mol. The van der Waals surface area contributed by atoms with Gasteiger partial charge >= 0.3 is 0 Å². The number of rotatable bonds is 4. The van der Waals surface area contributed by atoms with Gasteiger partial charge in [-0.2, -0.15) is 0 Å². The van der Waals surface area contributed by atoms with Crippen LogP contribution in [-0.2, 0) is 23.4 Å². The second-order valence-corrected chi connectivity index (χ2v) is 7.68. The quantitative estimate of drug-likeness (QED) is 0.837. The van der Waals surface area contributed by atoms with E-state index in [4.69, 9.17) is 4.74 Å². The number of anilines is 1. The van der Waals surface area contributed by atoms with Crippen molar-refractivity contribution >= 4 is 17.9 Å². The maximum absolute atomic E-state index is 14.2. The summed E-state index contributed by atoms with van der Waals surface area (Å²) in [6.07, 6.45) is 0.532. The van der Waals surface area contributed by atoms with Gasteiger partial charge in [0.25, 0.3) is 5.91 Å². The number of hydrogen-bond donors (Lipinski definition) is 1. The van der Waals surface area contributed by atoms with Gasteiger partial charge in [0.05, 0.1) is 18.8 Å². The first-order valence-electron chi connectivity index (χ1n) is 8.69. The average Bonchev–Trinajstić information content (AvgIpc) is 2.62. The lowest BCUT2D eigenvalue weighted by atomic mass is 9.85. The molecule has 0 saturated carbocycles. The molecular weight excluding hydrogens is 349 g/mol. The molecule has 5 nitrogen and oxygen atoms in total. The standard InChI is InChI=1S/C21H22FNO4/c1-21(2,3)16-5-13(4-14(6-16)10-24)9-23-18-8-15(11-25)7-17(22)20(18)27-12-19(23)26/h4-8,11,24H,9-10,12H2,1-3H3. The van der Waals surface area contributed by atoms with Crippen molar-refractivity contribution in [3.8, 4) is 5.75 Å². The van der Waals surface area contributed by atoms with Gasteiger partial charge in [-0.15, -0.1) is 0 Å². The van der Waals surface area contributed by atoms with Crippen LogP contribution in [0.3, 0.4) is 0 Å². The van der Waals surface area contributed by atoms with E-state index in [1.54, 1.807) is 0 Å². The maximum Gasteiger partial charge on any atom is 0.265 e. The first-order valence-corrected chi connectivity index (χ1v) is 8.69. The zero-order chi connectivity index (χ0) is 19.8. The van der Waals surface area contributed by atoms with Gasteiger partial charge in [0.15, 0.2) is 18.2 Å². The van der Waals surface area contributed by atoms with Crippen molar-refractivity contribution in [3.63, 3.8) is 0 Å². The van der Waals surface area contributed by atoms with Gasteiger partial charge < -0.3 is 14.7 Å². The molecule has 1 aliphatic heterocycles. The first-order chi connectivity index (χ1) is 12.7. The van der Waals surface area contributed by atoms with Crippen LogP contribution in [0.2, 0.25) is 0 Å². The number of halogens is 1. The van der Waals surface area contributed by atoms with Crippen LogP contribution < -0.4 is 9.64 Å². The highest BCUT2D eigenvalue weighted by Gasteiger charge is 2.29. The minimum atomic E-state index is -0.674. The number of fused-ring (bicyclic) bond motifs is 1. The zero-order valence-corrected chi connectivity index (χ0v) is 15.6. The number of carbonyl (C=O) groups is 2. The van der Waals surface area contributed by atoms with Crippen molar-refractivity contribution in [3.05, 3.63) is 58.4 Å². The van der Waals surface area contributed by atoms with E-state index in [1.807, 2.05) is 18.2 Å². The number of aliphatic hydroxyl groups excluding tert-OH is 1. The highest BCUT2D eigenvalue weighted by Crippen LogP contribution is 2.37. The monoisotopic (exact) mass is 371 g/mol. The number of aldehydes is 1. The molecule has 0 aliphatic carbocycles. The number of carbonyl (C=O) groups excluding carboxylic acids is 2. The normalized spacial score (nSPS) is 14.0. The van der Waals surface area contributed by atoms with Crippen LogP contribution >= 0.6 is 0 Å². The summed E-state index contributed by atoms with van der Waals surface area (Å²) in [4.78, 5) is 25.0. The molecule has 27 heavy (non-hydrogen) atoms. The number of benzene rings is 2. The minimum absolute atomic E-state index is 0.0328. The Balaban J connectivity index is 2.05. The van der Waals surface area contributed by atoms with Gasteiger partial charge in [-0.1, -0.05) is 39.0 Å². The molecule has 2 aromatic rings. The van der Waals surface area contributed by atoms with Crippen molar-refractivity contribution in [1.29, 1.82) is 0 Å². The van der Waals surface area contributed by atoms with Gasteiger partial charge in [0, 0.05) is 5.56 Å². The smallest absolute Gasteiger partial charge is 0.265 e. The number of ether oxygens (including phenoxy) is 1. The summed E-state index contributed by atoms with van der Waals surface area (Å²) in [6.45, 7) is 6.00. The minimum Gasteiger partial charge on any atom is -0.478 e. The van der Waals surface area contributed by atoms with Crippen molar-refractivity contribution in [2.75, 3.05) is 11.5 Å². The van der Waals surface area contributed by atoms with E-state index in [0.717, 1.165) is 22.8 Å². The number of hydrogen-bond acceptors (Lipinski definition) is 4. The Bertz CT molecular complexity index is 902. The second-order valence-electron chi connectivity index (χ2n) is 7.68. The molecule has 1 amide bonds. The van der Waals surface area contributed by atoms with Gasteiger partial charge in [-0.05, 0) is 34.2 Å². The Labute approximate surface area is 157 Å². The average molecular weight is 371 g/mol. The molecule has 0 spiro atoms. The molecular formula is C21H22FNO4. The van der Waals surface area contributed by atoms with E-state index in [0.29, 0.717) is 6.29 Å². The van der Waals surface area contributed by atoms with Gasteiger partial charge in [-0.25, -0.2) is 4.39 Å². The molecule has 6 heteroatoms. The zero-order valence-electron chi connectivity index (χ0n) is 15.6. The second kappa shape index (κ2) is 7.12.